The van der Waals surface area contributed by atoms with E-state index in [1.165, 1.54) is 0 Å². The first-order valence-corrected chi connectivity index (χ1v) is 7.46. The van der Waals surface area contributed by atoms with Crippen LogP contribution in [0.3, 0.4) is 0 Å². The summed E-state index contributed by atoms with van der Waals surface area (Å²) >= 11 is 0. The Kier molecular flexibility index (Phi) is 7.45. The Hall–Kier alpha value is -0.820. The lowest BCUT2D eigenvalue weighted by molar-refractivity contribution is -0.180. The molecule has 1 amide bonds. The zero-order valence-corrected chi connectivity index (χ0v) is 12.6. The van der Waals surface area contributed by atoms with E-state index in [2.05, 4.69) is 24.5 Å². The minimum Gasteiger partial charge on any atom is -0.381 e. The molecule has 4 nitrogen and oxygen atoms in total. The largest absolute Gasteiger partial charge is 0.393 e. The Labute approximate surface area is 123 Å². The molecule has 0 aromatic heterocycles. The normalized spacial score (nSPS) is 23.3. The summed E-state index contributed by atoms with van der Waals surface area (Å²) in [5.41, 5.74) is 0. The van der Waals surface area contributed by atoms with E-state index in [0.717, 1.165) is 0 Å². The Balaban J connectivity index is 2.11. The van der Waals surface area contributed by atoms with Crippen molar-refractivity contribution < 1.29 is 22.7 Å². The van der Waals surface area contributed by atoms with Crippen molar-refractivity contribution in [1.82, 2.24) is 10.6 Å². The number of hydrogen-bond acceptors (Lipinski definition) is 3. The number of halogens is 3. The van der Waals surface area contributed by atoms with E-state index in [-0.39, 0.29) is 25.3 Å². The standard InChI is InChI=1S/C14H25F3N2O2/c1-10(2)9-21-7-3-6-18-13(20)12-5-4-11(8-19-12)14(15,16)17/h10-12,19H,3-9H2,1-2H3,(H,18,20). The van der Waals surface area contributed by atoms with Gasteiger partial charge in [-0.3, -0.25) is 4.79 Å². The number of piperidine rings is 1. The maximum absolute atomic E-state index is 12.5. The maximum atomic E-state index is 12.5. The molecule has 0 bridgehead atoms. The lowest BCUT2D eigenvalue weighted by atomic mass is 9.94. The molecule has 0 spiro atoms. The summed E-state index contributed by atoms with van der Waals surface area (Å²) in [6.07, 6.45) is -3.25. The second-order valence-corrected chi connectivity index (χ2v) is 5.89. The summed E-state index contributed by atoms with van der Waals surface area (Å²) in [6, 6.07) is -0.514. The fourth-order valence-electron chi connectivity index (χ4n) is 2.19. The maximum Gasteiger partial charge on any atom is 0.393 e. The fraction of sp³-hybridized carbons (Fsp3) is 0.929. The van der Waals surface area contributed by atoms with Gasteiger partial charge in [-0.1, -0.05) is 13.8 Å². The molecule has 0 aromatic carbocycles. The van der Waals surface area contributed by atoms with Crippen molar-refractivity contribution in [3.63, 3.8) is 0 Å². The van der Waals surface area contributed by atoms with Crippen LogP contribution in [0.15, 0.2) is 0 Å². The second kappa shape index (κ2) is 8.58. The molecule has 2 N–H and O–H groups in total. The Bertz CT molecular complexity index is 314. The average Bonchev–Trinajstić information content (AvgIpc) is 2.41. The summed E-state index contributed by atoms with van der Waals surface area (Å²) < 4.78 is 42.9. The highest BCUT2D eigenvalue weighted by Crippen LogP contribution is 2.31. The highest BCUT2D eigenvalue weighted by atomic mass is 19.4. The fourth-order valence-corrected chi connectivity index (χ4v) is 2.19. The van der Waals surface area contributed by atoms with Crippen LogP contribution in [-0.4, -0.2) is 44.4 Å². The quantitative estimate of drug-likeness (QED) is 0.708. The van der Waals surface area contributed by atoms with Crippen molar-refractivity contribution in [2.75, 3.05) is 26.3 Å². The Morgan fingerprint density at radius 1 is 1.38 bits per heavy atom. The van der Waals surface area contributed by atoms with E-state index < -0.39 is 18.1 Å². The molecule has 1 heterocycles. The SMILES string of the molecule is CC(C)COCCCNC(=O)C1CCC(C(F)(F)F)CN1. The lowest BCUT2D eigenvalue weighted by Gasteiger charge is -2.30. The van der Waals surface area contributed by atoms with Crippen molar-refractivity contribution >= 4 is 5.91 Å². The smallest absolute Gasteiger partial charge is 0.381 e. The average molecular weight is 310 g/mol. The molecular weight excluding hydrogens is 285 g/mol. The third kappa shape index (κ3) is 7.13. The molecule has 0 aliphatic carbocycles. The van der Waals surface area contributed by atoms with Gasteiger partial charge in [0.1, 0.15) is 0 Å². The minimum atomic E-state index is -4.18. The van der Waals surface area contributed by atoms with Crippen molar-refractivity contribution in [3.8, 4) is 0 Å². The molecule has 0 aromatic rings. The van der Waals surface area contributed by atoms with Crippen LogP contribution in [-0.2, 0) is 9.53 Å². The van der Waals surface area contributed by atoms with Gasteiger partial charge in [-0.25, -0.2) is 0 Å². The molecule has 1 saturated heterocycles. The number of carbonyl (C=O) groups excluding carboxylic acids is 1. The van der Waals surface area contributed by atoms with Gasteiger partial charge < -0.3 is 15.4 Å². The molecule has 1 rings (SSSR count). The van der Waals surface area contributed by atoms with Crippen LogP contribution < -0.4 is 10.6 Å². The van der Waals surface area contributed by atoms with E-state index in [1.807, 2.05) is 0 Å². The Morgan fingerprint density at radius 2 is 2.10 bits per heavy atom. The molecule has 7 heteroatoms. The molecule has 2 unspecified atom stereocenters. The van der Waals surface area contributed by atoms with E-state index in [9.17, 15) is 18.0 Å². The zero-order chi connectivity index (χ0) is 15.9. The van der Waals surface area contributed by atoms with Gasteiger partial charge in [0.25, 0.3) is 0 Å². The van der Waals surface area contributed by atoms with Gasteiger partial charge in [0.2, 0.25) is 5.91 Å². The van der Waals surface area contributed by atoms with Crippen LogP contribution in [0.1, 0.15) is 33.1 Å². The van der Waals surface area contributed by atoms with Crippen molar-refractivity contribution in [2.24, 2.45) is 11.8 Å². The Morgan fingerprint density at radius 3 is 2.62 bits per heavy atom. The van der Waals surface area contributed by atoms with Crippen LogP contribution in [0.5, 0.6) is 0 Å². The summed E-state index contributed by atoms with van der Waals surface area (Å²) in [5.74, 6) is -1.09. The first kappa shape index (κ1) is 18.2. The molecule has 0 radical (unpaired) electrons. The molecule has 0 saturated carbocycles. The van der Waals surface area contributed by atoms with Gasteiger partial charge in [0.05, 0.1) is 12.0 Å². The number of nitrogens with one attached hydrogen (secondary N) is 2. The second-order valence-electron chi connectivity index (χ2n) is 5.89. The predicted octanol–water partition coefficient (Wildman–Crippen LogP) is 2.10. The minimum absolute atomic E-state index is 0.00604. The van der Waals surface area contributed by atoms with Gasteiger partial charge in [-0.15, -0.1) is 0 Å². The highest BCUT2D eigenvalue weighted by Gasteiger charge is 2.42. The number of alkyl halides is 3. The molecule has 1 fully saturated rings. The van der Waals surface area contributed by atoms with Crippen LogP contribution >= 0.6 is 0 Å². The van der Waals surface area contributed by atoms with Gasteiger partial charge in [0, 0.05) is 26.3 Å². The van der Waals surface area contributed by atoms with Crippen molar-refractivity contribution in [3.05, 3.63) is 0 Å². The number of rotatable bonds is 7. The topological polar surface area (TPSA) is 50.4 Å². The van der Waals surface area contributed by atoms with Crippen molar-refractivity contribution in [2.45, 2.75) is 45.3 Å². The van der Waals surface area contributed by atoms with Crippen LogP contribution in [0.4, 0.5) is 13.2 Å². The van der Waals surface area contributed by atoms with Gasteiger partial charge in [-0.2, -0.15) is 13.2 Å². The number of carbonyl (C=O) groups is 1. The van der Waals surface area contributed by atoms with E-state index in [0.29, 0.717) is 32.1 Å². The molecule has 1 aliphatic rings. The third-order valence-corrected chi connectivity index (χ3v) is 3.41. The van der Waals surface area contributed by atoms with Gasteiger partial charge >= 0.3 is 6.18 Å². The zero-order valence-electron chi connectivity index (χ0n) is 12.6. The van der Waals surface area contributed by atoms with Gasteiger partial charge in [-0.05, 0) is 25.2 Å². The molecule has 124 valence electrons. The molecule has 21 heavy (non-hydrogen) atoms. The molecule has 2 atom stereocenters. The monoisotopic (exact) mass is 310 g/mol. The van der Waals surface area contributed by atoms with Gasteiger partial charge in [0.15, 0.2) is 0 Å². The summed E-state index contributed by atoms with van der Waals surface area (Å²) in [6.45, 7) is 5.69. The molecular formula is C14H25F3N2O2. The highest BCUT2D eigenvalue weighted by molar-refractivity contribution is 5.81. The predicted molar refractivity (Wildman–Crippen MR) is 73.9 cm³/mol. The van der Waals surface area contributed by atoms with Crippen LogP contribution in [0.25, 0.3) is 0 Å². The van der Waals surface area contributed by atoms with Crippen molar-refractivity contribution in [1.29, 1.82) is 0 Å². The number of ether oxygens (including phenoxy) is 1. The first-order valence-electron chi connectivity index (χ1n) is 7.46. The number of hydrogen-bond donors (Lipinski definition) is 2. The summed E-state index contributed by atoms with van der Waals surface area (Å²) in [4.78, 5) is 11.8. The summed E-state index contributed by atoms with van der Waals surface area (Å²) in [5, 5.41) is 5.41. The van der Waals surface area contributed by atoms with E-state index in [1.54, 1.807) is 0 Å². The summed E-state index contributed by atoms with van der Waals surface area (Å²) in [7, 11) is 0. The van der Waals surface area contributed by atoms with Crippen LogP contribution in [0, 0.1) is 11.8 Å². The lowest BCUT2D eigenvalue weighted by Crippen LogP contribution is -2.51. The molecule has 1 aliphatic heterocycles. The van der Waals surface area contributed by atoms with E-state index in [4.69, 9.17) is 4.74 Å². The third-order valence-electron chi connectivity index (χ3n) is 3.41. The first-order chi connectivity index (χ1) is 9.80. The number of amides is 1. The van der Waals surface area contributed by atoms with Crippen LogP contribution in [0.2, 0.25) is 0 Å². The van der Waals surface area contributed by atoms with E-state index >= 15 is 0 Å².